The van der Waals surface area contributed by atoms with Gasteiger partial charge in [0.25, 0.3) is 0 Å². The average Bonchev–Trinajstić information content (AvgIpc) is 3.40. The maximum Gasteiger partial charge on any atom is 0.351 e. The van der Waals surface area contributed by atoms with Crippen LogP contribution in [0.4, 0.5) is 0 Å². The lowest BCUT2D eigenvalue weighted by Crippen LogP contribution is -2.30. The Balaban J connectivity index is 1.72. The summed E-state index contributed by atoms with van der Waals surface area (Å²) < 4.78 is 24.1. The number of methoxy groups -OCH3 is 4. The van der Waals surface area contributed by atoms with Crippen molar-refractivity contribution < 1.29 is 23.7 Å². The standard InChI is InChI=1S/C27H24N4O6/c1-34-21-11-10-17(12-22(21)35-2)20(32)15-30-19-14-24(37-4)23(36-3)13-18(19)26-28-25(29-31(26)27(30)33)16-8-6-5-7-9-16/h5-14H,15H2,1-4H3. The molecule has 0 unspecified atom stereocenters. The third-order valence-electron chi connectivity index (χ3n) is 6.09. The number of carbonyl (C=O) groups excluding carboxylic acids is 1. The van der Waals surface area contributed by atoms with Gasteiger partial charge in [-0.05, 0) is 24.3 Å². The van der Waals surface area contributed by atoms with Crippen molar-refractivity contribution in [3.8, 4) is 34.4 Å². The second-order valence-corrected chi connectivity index (χ2v) is 8.12. The number of carbonyl (C=O) groups is 1. The monoisotopic (exact) mass is 500 g/mol. The molecule has 0 aliphatic carbocycles. The van der Waals surface area contributed by atoms with Gasteiger partial charge in [0.1, 0.15) is 0 Å². The summed E-state index contributed by atoms with van der Waals surface area (Å²) in [5, 5.41) is 5.05. The van der Waals surface area contributed by atoms with Crippen molar-refractivity contribution in [2.75, 3.05) is 28.4 Å². The van der Waals surface area contributed by atoms with Gasteiger partial charge in [0.15, 0.2) is 40.3 Å². The van der Waals surface area contributed by atoms with Crippen LogP contribution in [-0.4, -0.2) is 53.4 Å². The fourth-order valence-electron chi connectivity index (χ4n) is 4.21. The minimum absolute atomic E-state index is 0.253. The fourth-order valence-corrected chi connectivity index (χ4v) is 4.21. The van der Waals surface area contributed by atoms with Gasteiger partial charge in [-0.25, -0.2) is 9.78 Å². The minimum atomic E-state index is -0.516. The first kappa shape index (κ1) is 23.9. The number of fused-ring (bicyclic) bond motifs is 3. The van der Waals surface area contributed by atoms with Crippen LogP contribution < -0.4 is 24.6 Å². The predicted molar refractivity (Wildman–Crippen MR) is 137 cm³/mol. The van der Waals surface area contributed by atoms with Crippen LogP contribution in [0.5, 0.6) is 23.0 Å². The third kappa shape index (κ3) is 4.12. The van der Waals surface area contributed by atoms with Crippen LogP contribution >= 0.6 is 0 Å². The van der Waals surface area contributed by atoms with Gasteiger partial charge in [-0.2, -0.15) is 4.52 Å². The Morgan fingerprint density at radius 2 is 1.46 bits per heavy atom. The number of ether oxygens (including phenoxy) is 4. The molecule has 0 N–H and O–H groups in total. The van der Waals surface area contributed by atoms with Crippen molar-refractivity contribution in [2.24, 2.45) is 0 Å². The number of nitrogens with zero attached hydrogens (tertiary/aromatic N) is 4. The lowest BCUT2D eigenvalue weighted by Gasteiger charge is -2.14. The number of rotatable bonds is 8. The van der Waals surface area contributed by atoms with Crippen molar-refractivity contribution in [2.45, 2.75) is 6.54 Å². The molecule has 0 radical (unpaired) electrons. The van der Waals surface area contributed by atoms with Gasteiger partial charge >= 0.3 is 5.69 Å². The molecular weight excluding hydrogens is 476 g/mol. The molecule has 0 atom stereocenters. The van der Waals surface area contributed by atoms with E-state index in [1.54, 1.807) is 30.3 Å². The van der Waals surface area contributed by atoms with Crippen LogP contribution in [0.15, 0.2) is 65.5 Å². The summed E-state index contributed by atoms with van der Waals surface area (Å²) >= 11 is 0. The van der Waals surface area contributed by atoms with Crippen LogP contribution in [-0.2, 0) is 6.54 Å². The number of hydrogen-bond acceptors (Lipinski definition) is 8. The van der Waals surface area contributed by atoms with E-state index in [0.717, 1.165) is 5.56 Å². The Kier molecular flexibility index (Phi) is 6.22. The zero-order valence-electron chi connectivity index (χ0n) is 20.7. The molecule has 0 saturated carbocycles. The van der Waals surface area contributed by atoms with E-state index >= 15 is 0 Å². The minimum Gasteiger partial charge on any atom is -0.493 e. The highest BCUT2D eigenvalue weighted by atomic mass is 16.5. The topological polar surface area (TPSA) is 106 Å². The van der Waals surface area contributed by atoms with Crippen LogP contribution in [0, 0.1) is 0 Å². The summed E-state index contributed by atoms with van der Waals surface area (Å²) in [6, 6.07) is 17.6. The molecule has 0 aliphatic rings. The lowest BCUT2D eigenvalue weighted by atomic mass is 10.1. The number of benzene rings is 3. The highest BCUT2D eigenvalue weighted by Crippen LogP contribution is 2.34. The largest absolute Gasteiger partial charge is 0.493 e. The van der Waals surface area contributed by atoms with Gasteiger partial charge < -0.3 is 18.9 Å². The second kappa shape index (κ2) is 9.65. The zero-order chi connectivity index (χ0) is 26.1. The van der Waals surface area contributed by atoms with E-state index in [2.05, 4.69) is 10.1 Å². The Bertz CT molecular complexity index is 1690. The van der Waals surface area contributed by atoms with E-state index < -0.39 is 5.69 Å². The molecule has 37 heavy (non-hydrogen) atoms. The first-order chi connectivity index (χ1) is 18.0. The fraction of sp³-hybridized carbons (Fsp3) is 0.185. The van der Waals surface area contributed by atoms with Crippen molar-refractivity contribution in [1.29, 1.82) is 0 Å². The lowest BCUT2D eigenvalue weighted by molar-refractivity contribution is 0.0971. The second-order valence-electron chi connectivity index (χ2n) is 8.12. The molecule has 0 spiro atoms. The predicted octanol–water partition coefficient (Wildman–Crippen LogP) is 3.63. The quantitative estimate of drug-likeness (QED) is 0.298. The highest BCUT2D eigenvalue weighted by molar-refractivity contribution is 5.99. The Morgan fingerprint density at radius 3 is 2.14 bits per heavy atom. The van der Waals surface area contributed by atoms with E-state index in [1.165, 1.54) is 37.5 Å². The summed E-state index contributed by atoms with van der Waals surface area (Å²) in [4.78, 5) is 31.7. The Morgan fingerprint density at radius 1 is 0.811 bits per heavy atom. The molecule has 188 valence electrons. The van der Waals surface area contributed by atoms with Gasteiger partial charge in [0.2, 0.25) is 0 Å². The van der Waals surface area contributed by atoms with Gasteiger partial charge in [-0.3, -0.25) is 9.36 Å². The average molecular weight is 501 g/mol. The van der Waals surface area contributed by atoms with Crippen LogP contribution in [0.2, 0.25) is 0 Å². The smallest absolute Gasteiger partial charge is 0.351 e. The van der Waals surface area contributed by atoms with Crippen molar-refractivity contribution in [3.63, 3.8) is 0 Å². The highest BCUT2D eigenvalue weighted by Gasteiger charge is 2.21. The Hall–Kier alpha value is -4.86. The zero-order valence-corrected chi connectivity index (χ0v) is 20.7. The van der Waals surface area contributed by atoms with Gasteiger partial charge in [0.05, 0.1) is 40.5 Å². The van der Waals surface area contributed by atoms with E-state index in [1.807, 2.05) is 30.3 Å². The molecule has 0 saturated heterocycles. The number of hydrogen-bond donors (Lipinski definition) is 0. The van der Waals surface area contributed by atoms with Crippen LogP contribution in [0.3, 0.4) is 0 Å². The van der Waals surface area contributed by atoms with Crippen molar-refractivity contribution in [1.82, 2.24) is 19.2 Å². The third-order valence-corrected chi connectivity index (χ3v) is 6.09. The molecule has 3 aromatic carbocycles. The number of ketones is 1. The van der Waals surface area contributed by atoms with E-state index in [0.29, 0.717) is 50.9 Å². The molecule has 0 amide bonds. The molecule has 0 aliphatic heterocycles. The maximum atomic E-state index is 13.7. The van der Waals surface area contributed by atoms with E-state index in [4.69, 9.17) is 18.9 Å². The molecule has 10 heteroatoms. The SMILES string of the molecule is COc1ccc(C(=O)Cn2c(=O)n3nc(-c4ccccc4)nc3c3cc(OC)c(OC)cc32)cc1OC. The molecule has 5 aromatic rings. The normalized spacial score (nSPS) is 11.0. The molecule has 0 fully saturated rings. The summed E-state index contributed by atoms with van der Waals surface area (Å²) in [6.45, 7) is -0.253. The van der Waals surface area contributed by atoms with Gasteiger partial charge in [-0.1, -0.05) is 30.3 Å². The van der Waals surface area contributed by atoms with E-state index in [-0.39, 0.29) is 12.3 Å². The molecule has 2 heterocycles. The summed E-state index contributed by atoms with van der Waals surface area (Å²) in [7, 11) is 6.04. The molecule has 0 bridgehead atoms. The van der Waals surface area contributed by atoms with Crippen molar-refractivity contribution in [3.05, 3.63) is 76.7 Å². The maximum absolute atomic E-state index is 13.7. The first-order valence-electron chi connectivity index (χ1n) is 11.3. The summed E-state index contributed by atoms with van der Waals surface area (Å²) in [5.74, 6) is 1.86. The van der Waals surface area contributed by atoms with Crippen molar-refractivity contribution >= 4 is 22.3 Å². The Labute approximate surface area is 211 Å². The van der Waals surface area contributed by atoms with Crippen LogP contribution in [0.25, 0.3) is 27.9 Å². The van der Waals surface area contributed by atoms with Gasteiger partial charge in [0, 0.05) is 22.6 Å². The molecule has 2 aromatic heterocycles. The summed E-state index contributed by atoms with van der Waals surface area (Å²) in [6.07, 6.45) is 0. The molecular formula is C27H24N4O6. The number of Topliss-reactive ketones (excluding diaryl/α,β-unsaturated/α-hetero) is 1. The molecule has 10 nitrogen and oxygen atoms in total. The van der Waals surface area contributed by atoms with E-state index in [9.17, 15) is 9.59 Å². The summed E-state index contributed by atoms with van der Waals surface area (Å²) in [5.41, 5.74) is 1.40. The first-order valence-corrected chi connectivity index (χ1v) is 11.3. The van der Waals surface area contributed by atoms with Gasteiger partial charge in [-0.15, -0.1) is 5.10 Å². The number of aromatic nitrogens is 4. The molecule has 5 rings (SSSR count). The van der Waals surface area contributed by atoms with Crippen LogP contribution in [0.1, 0.15) is 10.4 Å².